The first-order valence-corrected chi connectivity index (χ1v) is 14.6. The number of fused-ring (bicyclic) bond motifs is 1. The van der Waals surface area contributed by atoms with E-state index in [9.17, 15) is 18.0 Å². The normalized spacial score (nSPS) is 20.6. The number of hydrogen-bond acceptors (Lipinski definition) is 5. The number of anilines is 3. The molecule has 0 aliphatic carbocycles. The Hall–Kier alpha value is -3.27. The van der Waals surface area contributed by atoms with Crippen LogP contribution in [0.4, 0.5) is 30.2 Å². The fraction of sp³-hybridized carbons (Fsp3) is 0.393. The molecule has 2 unspecified atom stereocenters. The quantitative estimate of drug-likeness (QED) is 0.352. The van der Waals surface area contributed by atoms with Crippen molar-refractivity contribution >= 4 is 35.7 Å². The lowest BCUT2D eigenvalue weighted by Gasteiger charge is -2.36. The van der Waals surface area contributed by atoms with Gasteiger partial charge in [0, 0.05) is 43.0 Å². The van der Waals surface area contributed by atoms with Gasteiger partial charge in [0.1, 0.15) is 0 Å². The molecule has 1 fully saturated rings. The average Bonchev–Trinajstić information content (AvgIpc) is 3.52. The van der Waals surface area contributed by atoms with E-state index < -0.39 is 25.1 Å². The summed E-state index contributed by atoms with van der Waals surface area (Å²) in [7, 11) is -1.91. The smallest absolute Gasteiger partial charge is 0.416 e. The summed E-state index contributed by atoms with van der Waals surface area (Å²) < 4.78 is 68.4. The molecule has 1 saturated heterocycles. The van der Waals surface area contributed by atoms with E-state index in [0.29, 0.717) is 18.5 Å². The van der Waals surface area contributed by atoms with Gasteiger partial charge >= 0.3 is 6.18 Å². The molecule has 0 bridgehead atoms. The van der Waals surface area contributed by atoms with Crippen LogP contribution in [0.15, 0.2) is 59.2 Å². The van der Waals surface area contributed by atoms with Crippen LogP contribution >= 0.6 is 7.44 Å². The second-order valence-electron chi connectivity index (χ2n) is 10.7. The van der Waals surface area contributed by atoms with Crippen LogP contribution in [0.3, 0.4) is 0 Å². The summed E-state index contributed by atoms with van der Waals surface area (Å²) >= 11 is 0. The standard InChI is InChI=1S/C28H32F3N4O4P/c1-18-27(2,3)21-16-25(22(17-23(21)34(18)4)32-26(36)24-9-6-12-39-24)40(37,35-10-13-38-14-11-35)33-20-8-5-7-19(15-20)28(29,30)31/h5-9,12,15-18H,10-11,13-14H2,1-4H3,(H,32,36)(H,33,37). The number of nitrogens with one attached hydrogen (secondary N) is 2. The zero-order chi connectivity index (χ0) is 28.9. The maximum absolute atomic E-state index is 15.3. The van der Waals surface area contributed by atoms with Crippen LogP contribution in [0, 0.1) is 0 Å². The molecule has 1 aromatic heterocycles. The molecular formula is C28H32F3N4O4P. The number of carbonyl (C=O) groups excluding carboxylic acids is 1. The molecule has 3 aromatic rings. The van der Waals surface area contributed by atoms with Crippen molar-refractivity contribution in [1.29, 1.82) is 0 Å². The van der Waals surface area contributed by atoms with Gasteiger partial charge in [0.25, 0.3) is 13.4 Å². The lowest BCUT2D eigenvalue weighted by molar-refractivity contribution is -0.137. The van der Waals surface area contributed by atoms with Crippen LogP contribution in [0.2, 0.25) is 0 Å². The van der Waals surface area contributed by atoms with Crippen LogP contribution in [0.1, 0.15) is 42.5 Å². The Kier molecular flexibility index (Phi) is 7.27. The first kappa shape index (κ1) is 28.3. The largest absolute Gasteiger partial charge is 0.459 e. The molecule has 2 aliphatic heterocycles. The molecule has 2 N–H and O–H groups in total. The Morgan fingerprint density at radius 3 is 2.48 bits per heavy atom. The molecule has 5 rings (SSSR count). The van der Waals surface area contributed by atoms with E-state index in [4.69, 9.17) is 9.15 Å². The third kappa shape index (κ3) is 5.02. The van der Waals surface area contributed by atoms with E-state index in [1.807, 2.05) is 13.1 Å². The van der Waals surface area contributed by atoms with Crippen molar-refractivity contribution in [2.24, 2.45) is 0 Å². The molecule has 0 spiro atoms. The molecule has 2 atom stereocenters. The van der Waals surface area contributed by atoms with Gasteiger partial charge in [-0.25, -0.2) is 4.67 Å². The number of nitrogens with zero attached hydrogens (tertiary/aromatic N) is 2. The Labute approximate surface area is 231 Å². The van der Waals surface area contributed by atoms with Crippen molar-refractivity contribution in [3.8, 4) is 0 Å². The lowest BCUT2D eigenvalue weighted by atomic mass is 9.81. The zero-order valence-corrected chi connectivity index (χ0v) is 23.6. The molecule has 214 valence electrons. The van der Waals surface area contributed by atoms with Crippen molar-refractivity contribution in [3.05, 3.63) is 71.7 Å². The third-order valence-electron chi connectivity index (χ3n) is 7.99. The number of carbonyl (C=O) groups is 1. The number of morpholine rings is 1. The lowest BCUT2D eigenvalue weighted by Crippen LogP contribution is -2.40. The molecule has 0 saturated carbocycles. The Bertz CT molecular complexity index is 1450. The van der Waals surface area contributed by atoms with Crippen LogP contribution in [-0.4, -0.2) is 50.0 Å². The van der Waals surface area contributed by atoms with Gasteiger partial charge in [-0.1, -0.05) is 19.9 Å². The van der Waals surface area contributed by atoms with E-state index >= 15 is 4.57 Å². The monoisotopic (exact) mass is 576 g/mol. The molecule has 3 heterocycles. The molecule has 0 radical (unpaired) electrons. The van der Waals surface area contributed by atoms with Crippen molar-refractivity contribution in [3.63, 3.8) is 0 Å². The van der Waals surface area contributed by atoms with E-state index in [1.54, 1.807) is 16.8 Å². The van der Waals surface area contributed by atoms with Gasteiger partial charge in [-0.3, -0.25) is 9.36 Å². The topological polar surface area (TPSA) is 87.0 Å². The summed E-state index contributed by atoms with van der Waals surface area (Å²) in [5.74, 6) is -0.465. The molecule has 8 nitrogen and oxygen atoms in total. The van der Waals surface area contributed by atoms with Crippen LogP contribution in [-0.2, 0) is 20.9 Å². The van der Waals surface area contributed by atoms with E-state index in [1.165, 1.54) is 24.5 Å². The van der Waals surface area contributed by atoms with Gasteiger partial charge in [0.05, 0.1) is 36.0 Å². The minimum Gasteiger partial charge on any atom is -0.459 e. The zero-order valence-electron chi connectivity index (χ0n) is 22.7. The minimum atomic E-state index is -4.57. The van der Waals surface area contributed by atoms with Crippen LogP contribution < -0.4 is 20.6 Å². The molecule has 2 aliphatic rings. The molecule has 12 heteroatoms. The number of furan rings is 1. The number of amides is 1. The maximum atomic E-state index is 15.3. The first-order chi connectivity index (χ1) is 18.8. The van der Waals surface area contributed by atoms with Crippen molar-refractivity contribution in [2.45, 2.75) is 38.4 Å². The Balaban J connectivity index is 1.69. The predicted molar refractivity (Wildman–Crippen MR) is 149 cm³/mol. The number of alkyl halides is 3. The van der Waals surface area contributed by atoms with Gasteiger partial charge in [-0.2, -0.15) is 13.2 Å². The van der Waals surface area contributed by atoms with Crippen LogP contribution in [0.25, 0.3) is 0 Å². The highest BCUT2D eigenvalue weighted by atomic mass is 31.2. The minimum absolute atomic E-state index is 0.0539. The summed E-state index contributed by atoms with van der Waals surface area (Å²) in [6.07, 6.45) is -3.19. The molecule has 2 aromatic carbocycles. The Morgan fingerprint density at radius 2 is 1.82 bits per heavy atom. The summed E-state index contributed by atoms with van der Waals surface area (Å²) in [6.45, 7) is 7.44. The molecule has 40 heavy (non-hydrogen) atoms. The van der Waals surface area contributed by atoms with E-state index in [0.717, 1.165) is 23.4 Å². The summed E-state index contributed by atoms with van der Waals surface area (Å²) in [5.41, 5.74) is 0.928. The first-order valence-electron chi connectivity index (χ1n) is 13.0. The van der Waals surface area contributed by atoms with Gasteiger partial charge < -0.3 is 24.5 Å². The average molecular weight is 577 g/mol. The summed E-state index contributed by atoms with van der Waals surface area (Å²) in [6, 6.07) is 11.4. The van der Waals surface area contributed by atoms with E-state index in [2.05, 4.69) is 36.1 Å². The number of likely N-dealkylation sites (N-methyl/N-ethyl adjacent to an activating group) is 1. The number of hydrogen-bond donors (Lipinski definition) is 2. The number of rotatable bonds is 6. The highest BCUT2D eigenvalue weighted by Gasteiger charge is 2.44. The van der Waals surface area contributed by atoms with Gasteiger partial charge in [-0.15, -0.1) is 0 Å². The van der Waals surface area contributed by atoms with E-state index in [-0.39, 0.29) is 41.7 Å². The fourth-order valence-corrected chi connectivity index (χ4v) is 7.84. The number of halogens is 3. The highest BCUT2D eigenvalue weighted by molar-refractivity contribution is 7.71. The van der Waals surface area contributed by atoms with Crippen molar-refractivity contribution in [1.82, 2.24) is 4.67 Å². The third-order valence-corrected chi connectivity index (χ3v) is 10.8. The summed E-state index contributed by atoms with van der Waals surface area (Å²) in [5, 5.41) is 6.14. The van der Waals surface area contributed by atoms with Crippen LogP contribution in [0.5, 0.6) is 0 Å². The summed E-state index contributed by atoms with van der Waals surface area (Å²) in [4.78, 5) is 15.2. The number of benzene rings is 2. The van der Waals surface area contributed by atoms with Crippen molar-refractivity contribution in [2.75, 3.05) is 48.7 Å². The highest BCUT2D eigenvalue weighted by Crippen LogP contribution is 2.54. The van der Waals surface area contributed by atoms with Gasteiger partial charge in [0.2, 0.25) is 0 Å². The second-order valence-corrected chi connectivity index (χ2v) is 13.1. The fourth-order valence-electron chi connectivity index (χ4n) is 5.30. The Morgan fingerprint density at radius 1 is 1.10 bits per heavy atom. The SMILES string of the molecule is CC1N(C)c2cc(NC(=O)c3ccco3)c(P(=O)(Nc3cccc(C(F)(F)F)c3)N3CCOCC3)cc2C1(C)C. The van der Waals surface area contributed by atoms with Gasteiger partial charge in [-0.05, 0) is 55.0 Å². The maximum Gasteiger partial charge on any atom is 0.416 e. The molecular weight excluding hydrogens is 544 g/mol. The van der Waals surface area contributed by atoms with Gasteiger partial charge in [0.15, 0.2) is 5.76 Å². The number of ether oxygens (including phenoxy) is 1. The predicted octanol–water partition coefficient (Wildman–Crippen LogP) is 5.93. The second kappa shape index (κ2) is 10.3. The molecule has 1 amide bonds. The van der Waals surface area contributed by atoms with Crippen molar-refractivity contribution < 1.29 is 31.7 Å².